The number of hydrogen-bond acceptors (Lipinski definition) is 2. The lowest BCUT2D eigenvalue weighted by atomic mass is 9.60. The first kappa shape index (κ1) is 13.3. The predicted octanol–water partition coefficient (Wildman–Crippen LogP) is 3.08. The molecule has 3 heteroatoms. The Labute approximate surface area is 119 Å². The molecule has 1 N–H and O–H groups in total. The standard InChI is InChI=1S/C17H21NO2/c1-12-7-3-4-8-13(12)15-16(20)18-14(19)11-17(15)9-5-2-6-10-17/h3-4,7-8,15H,2,5-6,9-11H2,1H3,(H,18,19,20). The second-order valence-corrected chi connectivity index (χ2v) is 6.30. The van der Waals surface area contributed by atoms with Crippen LogP contribution in [0.4, 0.5) is 0 Å². The summed E-state index contributed by atoms with van der Waals surface area (Å²) in [6, 6.07) is 8.09. The van der Waals surface area contributed by atoms with E-state index in [4.69, 9.17) is 0 Å². The molecule has 106 valence electrons. The summed E-state index contributed by atoms with van der Waals surface area (Å²) in [6.45, 7) is 2.05. The highest BCUT2D eigenvalue weighted by Gasteiger charge is 2.49. The highest BCUT2D eigenvalue weighted by Crippen LogP contribution is 2.52. The zero-order valence-corrected chi connectivity index (χ0v) is 11.9. The highest BCUT2D eigenvalue weighted by molar-refractivity contribution is 6.02. The Hall–Kier alpha value is -1.64. The van der Waals surface area contributed by atoms with E-state index >= 15 is 0 Å². The number of benzene rings is 1. The molecule has 0 radical (unpaired) electrons. The molecule has 1 saturated heterocycles. The highest BCUT2D eigenvalue weighted by atomic mass is 16.2. The zero-order valence-electron chi connectivity index (χ0n) is 11.9. The molecular formula is C17H21NO2. The summed E-state index contributed by atoms with van der Waals surface area (Å²) in [6.07, 6.45) is 5.96. The first-order valence-electron chi connectivity index (χ1n) is 7.52. The van der Waals surface area contributed by atoms with Gasteiger partial charge in [-0.25, -0.2) is 0 Å². The van der Waals surface area contributed by atoms with Crippen LogP contribution in [-0.2, 0) is 9.59 Å². The van der Waals surface area contributed by atoms with Gasteiger partial charge in [0.1, 0.15) is 0 Å². The first-order valence-corrected chi connectivity index (χ1v) is 7.52. The molecule has 1 spiro atoms. The van der Waals surface area contributed by atoms with Crippen LogP contribution in [0.1, 0.15) is 55.6 Å². The second kappa shape index (κ2) is 5.04. The van der Waals surface area contributed by atoms with Crippen molar-refractivity contribution in [3.8, 4) is 0 Å². The van der Waals surface area contributed by atoms with Crippen molar-refractivity contribution >= 4 is 11.8 Å². The van der Waals surface area contributed by atoms with E-state index in [1.807, 2.05) is 18.2 Å². The van der Waals surface area contributed by atoms with Crippen molar-refractivity contribution in [3.05, 3.63) is 35.4 Å². The maximum Gasteiger partial charge on any atom is 0.234 e. The molecule has 1 unspecified atom stereocenters. The Morgan fingerprint density at radius 2 is 1.80 bits per heavy atom. The summed E-state index contributed by atoms with van der Waals surface area (Å²) in [4.78, 5) is 24.4. The number of aryl methyl sites for hydroxylation is 1. The molecular weight excluding hydrogens is 250 g/mol. The van der Waals surface area contributed by atoms with Gasteiger partial charge in [-0.1, -0.05) is 43.5 Å². The van der Waals surface area contributed by atoms with Crippen LogP contribution >= 0.6 is 0 Å². The molecule has 0 bridgehead atoms. The maximum absolute atomic E-state index is 12.5. The molecule has 20 heavy (non-hydrogen) atoms. The molecule has 1 aromatic carbocycles. The van der Waals surface area contributed by atoms with E-state index < -0.39 is 0 Å². The van der Waals surface area contributed by atoms with Crippen molar-refractivity contribution in [2.45, 2.75) is 51.4 Å². The molecule has 3 rings (SSSR count). The van der Waals surface area contributed by atoms with Gasteiger partial charge >= 0.3 is 0 Å². The molecule has 2 amide bonds. The van der Waals surface area contributed by atoms with Crippen LogP contribution in [0.5, 0.6) is 0 Å². The number of amides is 2. The number of hydrogen-bond donors (Lipinski definition) is 1. The number of piperidine rings is 1. The Bertz CT molecular complexity index is 544. The number of carbonyl (C=O) groups is 2. The number of carbonyl (C=O) groups excluding carboxylic acids is 2. The lowest BCUT2D eigenvalue weighted by Gasteiger charge is -2.45. The van der Waals surface area contributed by atoms with Crippen molar-refractivity contribution in [1.82, 2.24) is 5.32 Å². The van der Waals surface area contributed by atoms with Crippen LogP contribution in [0.2, 0.25) is 0 Å². The number of imide groups is 1. The van der Waals surface area contributed by atoms with Gasteiger partial charge in [0.2, 0.25) is 11.8 Å². The average molecular weight is 271 g/mol. The third-order valence-corrected chi connectivity index (χ3v) is 5.00. The lowest BCUT2D eigenvalue weighted by molar-refractivity contribution is -0.141. The molecule has 1 aliphatic heterocycles. The average Bonchev–Trinajstić information content (AvgIpc) is 2.41. The maximum atomic E-state index is 12.5. The molecule has 3 nitrogen and oxygen atoms in total. The van der Waals surface area contributed by atoms with Crippen LogP contribution in [0.25, 0.3) is 0 Å². The van der Waals surface area contributed by atoms with Gasteiger partial charge in [-0.2, -0.15) is 0 Å². The second-order valence-electron chi connectivity index (χ2n) is 6.30. The molecule has 1 aliphatic carbocycles. The van der Waals surface area contributed by atoms with Crippen LogP contribution in [0.15, 0.2) is 24.3 Å². The fraction of sp³-hybridized carbons (Fsp3) is 0.529. The predicted molar refractivity (Wildman–Crippen MR) is 77.2 cm³/mol. The van der Waals surface area contributed by atoms with Gasteiger partial charge in [-0.3, -0.25) is 14.9 Å². The molecule has 0 aromatic heterocycles. The minimum Gasteiger partial charge on any atom is -0.296 e. The normalized spacial score (nSPS) is 25.6. The Balaban J connectivity index is 2.06. The van der Waals surface area contributed by atoms with Crippen LogP contribution < -0.4 is 5.32 Å². The van der Waals surface area contributed by atoms with Crippen molar-refractivity contribution in [2.24, 2.45) is 5.41 Å². The number of rotatable bonds is 1. The molecule has 1 heterocycles. The zero-order chi connectivity index (χ0) is 14.2. The summed E-state index contributed by atoms with van der Waals surface area (Å²) < 4.78 is 0. The van der Waals surface area contributed by atoms with Gasteiger partial charge in [0.25, 0.3) is 0 Å². The Kier molecular flexibility index (Phi) is 3.36. The van der Waals surface area contributed by atoms with Gasteiger partial charge < -0.3 is 0 Å². The third kappa shape index (κ3) is 2.15. The topological polar surface area (TPSA) is 46.2 Å². The van der Waals surface area contributed by atoms with Gasteiger partial charge in [0, 0.05) is 6.42 Å². The van der Waals surface area contributed by atoms with E-state index in [9.17, 15) is 9.59 Å². The minimum atomic E-state index is -0.165. The van der Waals surface area contributed by atoms with Crippen LogP contribution in [-0.4, -0.2) is 11.8 Å². The fourth-order valence-electron chi connectivity index (χ4n) is 4.06. The largest absolute Gasteiger partial charge is 0.296 e. The smallest absolute Gasteiger partial charge is 0.234 e. The summed E-state index contributed by atoms with van der Waals surface area (Å²) in [7, 11) is 0. The monoisotopic (exact) mass is 271 g/mol. The van der Waals surface area contributed by atoms with E-state index in [0.717, 1.165) is 36.8 Å². The van der Waals surface area contributed by atoms with Gasteiger partial charge in [-0.05, 0) is 36.3 Å². The Morgan fingerprint density at radius 3 is 2.50 bits per heavy atom. The van der Waals surface area contributed by atoms with E-state index in [1.165, 1.54) is 6.42 Å². The van der Waals surface area contributed by atoms with Crippen molar-refractivity contribution in [1.29, 1.82) is 0 Å². The van der Waals surface area contributed by atoms with Crippen LogP contribution in [0.3, 0.4) is 0 Å². The van der Waals surface area contributed by atoms with Crippen molar-refractivity contribution < 1.29 is 9.59 Å². The molecule has 1 saturated carbocycles. The van der Waals surface area contributed by atoms with Gasteiger partial charge in [0.05, 0.1) is 5.92 Å². The summed E-state index contributed by atoms with van der Waals surface area (Å²) >= 11 is 0. The molecule has 1 atom stereocenters. The SMILES string of the molecule is Cc1ccccc1C1C(=O)NC(=O)CC12CCCCC2. The fourth-order valence-corrected chi connectivity index (χ4v) is 4.06. The summed E-state index contributed by atoms with van der Waals surface area (Å²) in [5, 5.41) is 2.55. The summed E-state index contributed by atoms with van der Waals surface area (Å²) in [5.74, 6) is -0.360. The van der Waals surface area contributed by atoms with Crippen molar-refractivity contribution in [2.75, 3.05) is 0 Å². The van der Waals surface area contributed by atoms with Gasteiger partial charge in [-0.15, -0.1) is 0 Å². The molecule has 1 aromatic rings. The lowest BCUT2D eigenvalue weighted by Crippen LogP contribution is -2.51. The summed E-state index contributed by atoms with van der Waals surface area (Å²) in [5.41, 5.74) is 2.09. The first-order chi connectivity index (χ1) is 9.62. The minimum absolute atomic E-state index is 0.0956. The van der Waals surface area contributed by atoms with E-state index in [2.05, 4.69) is 18.3 Å². The molecule has 2 aliphatic rings. The van der Waals surface area contributed by atoms with Crippen LogP contribution in [0, 0.1) is 12.3 Å². The van der Waals surface area contributed by atoms with Gasteiger partial charge in [0.15, 0.2) is 0 Å². The third-order valence-electron chi connectivity index (χ3n) is 5.00. The van der Waals surface area contributed by atoms with E-state index in [0.29, 0.717) is 6.42 Å². The Morgan fingerprint density at radius 1 is 1.10 bits per heavy atom. The van der Waals surface area contributed by atoms with E-state index in [1.54, 1.807) is 0 Å². The van der Waals surface area contributed by atoms with E-state index in [-0.39, 0.29) is 23.1 Å². The number of nitrogens with one attached hydrogen (secondary N) is 1. The molecule has 2 fully saturated rings. The quantitative estimate of drug-likeness (QED) is 0.798. The van der Waals surface area contributed by atoms with Crippen molar-refractivity contribution in [3.63, 3.8) is 0 Å².